The number of guanidine groups is 1. The van der Waals surface area contributed by atoms with Gasteiger partial charge in [0.25, 0.3) is 0 Å². The van der Waals surface area contributed by atoms with Gasteiger partial charge < -0.3 is 14.8 Å². The molecule has 1 aromatic rings. The van der Waals surface area contributed by atoms with Crippen LogP contribution in [0.4, 0.5) is 0 Å². The quantitative estimate of drug-likeness (QED) is 0.214. The zero-order valence-electron chi connectivity index (χ0n) is 12.2. The number of hydrogen-bond donors (Lipinski definition) is 3. The summed E-state index contributed by atoms with van der Waals surface area (Å²) >= 11 is 0. The third kappa shape index (κ3) is 5.90. The van der Waals surface area contributed by atoms with E-state index in [4.69, 9.17) is 15.3 Å². The zero-order valence-corrected chi connectivity index (χ0v) is 12.2. The Morgan fingerprint density at radius 2 is 2.10 bits per heavy atom. The molecule has 0 aliphatic rings. The summed E-state index contributed by atoms with van der Waals surface area (Å²) in [6.07, 6.45) is 1.71. The molecule has 112 valence electrons. The Morgan fingerprint density at radius 3 is 2.80 bits per heavy atom. The molecule has 0 fully saturated rings. The molecule has 0 spiro atoms. The van der Waals surface area contributed by atoms with Gasteiger partial charge in [0.2, 0.25) is 5.96 Å². The second kappa shape index (κ2) is 10.1. The lowest BCUT2D eigenvalue weighted by Crippen LogP contribution is -2.42. The van der Waals surface area contributed by atoms with Gasteiger partial charge in [-0.25, -0.2) is 5.84 Å². The van der Waals surface area contributed by atoms with E-state index >= 15 is 0 Å². The fourth-order valence-corrected chi connectivity index (χ4v) is 1.78. The van der Waals surface area contributed by atoms with Crippen molar-refractivity contribution in [2.45, 2.75) is 12.8 Å². The van der Waals surface area contributed by atoms with Crippen molar-refractivity contribution in [2.24, 2.45) is 10.8 Å². The number of methoxy groups -OCH3 is 2. The number of benzene rings is 1. The van der Waals surface area contributed by atoms with E-state index in [2.05, 4.69) is 15.7 Å². The highest BCUT2D eigenvalue weighted by atomic mass is 16.5. The number of hydrazine groups is 1. The van der Waals surface area contributed by atoms with Crippen LogP contribution in [0.25, 0.3) is 0 Å². The molecule has 6 heteroatoms. The molecular weight excluding hydrogens is 256 g/mol. The van der Waals surface area contributed by atoms with Gasteiger partial charge in [-0.3, -0.25) is 10.4 Å². The molecule has 0 aliphatic carbocycles. The van der Waals surface area contributed by atoms with Gasteiger partial charge in [-0.15, -0.1) is 0 Å². The summed E-state index contributed by atoms with van der Waals surface area (Å²) in [6, 6.07) is 7.96. The average molecular weight is 280 g/mol. The van der Waals surface area contributed by atoms with E-state index in [9.17, 15) is 0 Å². The fraction of sp³-hybridized carbons (Fsp3) is 0.500. The van der Waals surface area contributed by atoms with Crippen molar-refractivity contribution in [1.29, 1.82) is 0 Å². The molecule has 0 radical (unpaired) electrons. The monoisotopic (exact) mass is 280 g/mol. The maximum atomic E-state index is 5.42. The Morgan fingerprint density at radius 1 is 1.30 bits per heavy atom. The summed E-state index contributed by atoms with van der Waals surface area (Å²) in [4.78, 5) is 4.31. The van der Waals surface area contributed by atoms with Crippen LogP contribution in [0.15, 0.2) is 29.3 Å². The minimum atomic E-state index is 0.594. The molecule has 0 heterocycles. The van der Waals surface area contributed by atoms with Crippen LogP contribution < -0.4 is 21.3 Å². The van der Waals surface area contributed by atoms with Gasteiger partial charge in [0.05, 0.1) is 7.11 Å². The molecule has 4 N–H and O–H groups in total. The molecular formula is C14H24N4O2. The Bertz CT molecular complexity index is 410. The maximum absolute atomic E-state index is 5.42. The molecule has 0 amide bonds. The number of nitrogens with zero attached hydrogens (tertiary/aromatic N) is 1. The summed E-state index contributed by atoms with van der Waals surface area (Å²) in [7, 11) is 3.35. The highest BCUT2D eigenvalue weighted by molar-refractivity contribution is 5.79. The number of aliphatic imine (C=N–C) groups is 1. The molecule has 0 aromatic heterocycles. The van der Waals surface area contributed by atoms with Crippen LogP contribution in [-0.4, -0.2) is 39.9 Å². The number of rotatable bonds is 8. The second-order valence-electron chi connectivity index (χ2n) is 4.21. The van der Waals surface area contributed by atoms with Crippen LogP contribution in [0.2, 0.25) is 0 Å². The van der Waals surface area contributed by atoms with Crippen LogP contribution in [0, 0.1) is 0 Å². The summed E-state index contributed by atoms with van der Waals surface area (Å²) < 4.78 is 10.3. The third-order valence-corrected chi connectivity index (χ3v) is 2.79. The van der Waals surface area contributed by atoms with Gasteiger partial charge in [0.1, 0.15) is 5.75 Å². The van der Waals surface area contributed by atoms with Gasteiger partial charge in [-0.1, -0.05) is 18.2 Å². The first-order valence-electron chi connectivity index (χ1n) is 6.67. The lowest BCUT2D eigenvalue weighted by Gasteiger charge is -2.11. The van der Waals surface area contributed by atoms with Crippen LogP contribution in [0.1, 0.15) is 12.0 Å². The van der Waals surface area contributed by atoms with Crippen molar-refractivity contribution in [3.8, 4) is 5.75 Å². The predicted molar refractivity (Wildman–Crippen MR) is 80.8 cm³/mol. The van der Waals surface area contributed by atoms with Gasteiger partial charge in [0, 0.05) is 26.8 Å². The Kier molecular flexibility index (Phi) is 8.17. The molecule has 0 bridgehead atoms. The van der Waals surface area contributed by atoms with Crippen molar-refractivity contribution < 1.29 is 9.47 Å². The topological polar surface area (TPSA) is 80.9 Å². The largest absolute Gasteiger partial charge is 0.496 e. The van der Waals surface area contributed by atoms with Crippen molar-refractivity contribution in [1.82, 2.24) is 10.7 Å². The molecule has 0 saturated carbocycles. The third-order valence-electron chi connectivity index (χ3n) is 2.79. The smallest absolute Gasteiger partial charge is 0.205 e. The second-order valence-corrected chi connectivity index (χ2v) is 4.21. The minimum Gasteiger partial charge on any atom is -0.496 e. The van der Waals surface area contributed by atoms with E-state index in [0.29, 0.717) is 19.1 Å². The number of nitrogens with two attached hydrogens (primary N) is 1. The van der Waals surface area contributed by atoms with Gasteiger partial charge in [0.15, 0.2) is 0 Å². The summed E-state index contributed by atoms with van der Waals surface area (Å²) in [5.74, 6) is 6.91. The van der Waals surface area contributed by atoms with Gasteiger partial charge >= 0.3 is 0 Å². The minimum absolute atomic E-state index is 0.594. The lowest BCUT2D eigenvalue weighted by atomic mass is 10.1. The Balaban J connectivity index is 2.37. The zero-order chi connectivity index (χ0) is 14.6. The van der Waals surface area contributed by atoms with Crippen LogP contribution in [0.5, 0.6) is 5.75 Å². The van der Waals surface area contributed by atoms with E-state index in [1.165, 1.54) is 0 Å². The van der Waals surface area contributed by atoms with Crippen LogP contribution >= 0.6 is 0 Å². The van der Waals surface area contributed by atoms with Crippen LogP contribution in [-0.2, 0) is 11.2 Å². The molecule has 20 heavy (non-hydrogen) atoms. The molecule has 1 rings (SSSR count). The molecule has 0 unspecified atom stereocenters. The molecule has 0 atom stereocenters. The molecule has 0 aliphatic heterocycles. The fourth-order valence-electron chi connectivity index (χ4n) is 1.78. The number of ether oxygens (including phenoxy) is 2. The van der Waals surface area contributed by atoms with Crippen LogP contribution in [0.3, 0.4) is 0 Å². The van der Waals surface area contributed by atoms with E-state index < -0.39 is 0 Å². The van der Waals surface area contributed by atoms with Gasteiger partial charge in [-0.05, 0) is 24.5 Å². The van der Waals surface area contributed by atoms with E-state index in [1.807, 2.05) is 24.3 Å². The SMILES string of the molecule is COCCCN=C(NN)NCCc1ccccc1OC. The van der Waals surface area contributed by atoms with E-state index in [-0.39, 0.29) is 0 Å². The summed E-state index contributed by atoms with van der Waals surface area (Å²) in [5, 5.41) is 3.16. The number of nitrogens with one attached hydrogen (secondary N) is 2. The van der Waals surface area contributed by atoms with E-state index in [1.54, 1.807) is 14.2 Å². The summed E-state index contributed by atoms with van der Waals surface area (Å²) in [6.45, 7) is 2.10. The normalized spacial score (nSPS) is 11.2. The Hall–Kier alpha value is -1.79. The predicted octanol–water partition coefficient (Wildman–Crippen LogP) is 0.683. The standard InChI is InChI=1S/C14H24N4O2/c1-19-11-5-9-16-14(18-15)17-10-8-12-6-3-4-7-13(12)20-2/h3-4,6-7H,5,8-11,15H2,1-2H3,(H2,16,17,18). The van der Waals surface area contributed by atoms with Crippen molar-refractivity contribution in [3.63, 3.8) is 0 Å². The maximum Gasteiger partial charge on any atom is 0.205 e. The first-order valence-corrected chi connectivity index (χ1v) is 6.67. The molecule has 0 saturated heterocycles. The first kappa shape index (κ1) is 16.3. The molecule has 1 aromatic carbocycles. The number of hydrogen-bond acceptors (Lipinski definition) is 4. The van der Waals surface area contributed by atoms with Gasteiger partial charge in [-0.2, -0.15) is 0 Å². The lowest BCUT2D eigenvalue weighted by molar-refractivity contribution is 0.197. The van der Waals surface area contributed by atoms with Crippen molar-refractivity contribution in [2.75, 3.05) is 33.9 Å². The van der Waals surface area contributed by atoms with Crippen molar-refractivity contribution in [3.05, 3.63) is 29.8 Å². The van der Waals surface area contributed by atoms with E-state index in [0.717, 1.165) is 30.7 Å². The first-order chi connectivity index (χ1) is 9.81. The van der Waals surface area contributed by atoms with Crippen molar-refractivity contribution >= 4 is 5.96 Å². The number of para-hydroxylation sites is 1. The average Bonchev–Trinajstić information content (AvgIpc) is 2.50. The highest BCUT2D eigenvalue weighted by Gasteiger charge is 2.02. The molecule has 6 nitrogen and oxygen atoms in total. The summed E-state index contributed by atoms with van der Waals surface area (Å²) in [5.41, 5.74) is 3.71. The highest BCUT2D eigenvalue weighted by Crippen LogP contribution is 2.17. The Labute approximate surface area is 120 Å².